The van der Waals surface area contributed by atoms with E-state index in [-0.39, 0.29) is 22.9 Å². The molecule has 36 heavy (non-hydrogen) atoms. The van der Waals surface area contributed by atoms with Crippen LogP contribution >= 0.6 is 0 Å². The zero-order valence-electron chi connectivity index (χ0n) is 19.7. The van der Waals surface area contributed by atoms with E-state index in [1.54, 1.807) is 11.0 Å². The summed E-state index contributed by atoms with van der Waals surface area (Å²) in [6.45, 7) is 3.46. The van der Waals surface area contributed by atoms with Gasteiger partial charge in [-0.2, -0.15) is 0 Å². The van der Waals surface area contributed by atoms with Gasteiger partial charge in [0, 0.05) is 50.7 Å². The third-order valence-electron chi connectivity index (χ3n) is 6.77. The van der Waals surface area contributed by atoms with Crippen molar-refractivity contribution in [1.82, 2.24) is 9.47 Å². The molecule has 1 saturated heterocycles. The van der Waals surface area contributed by atoms with Gasteiger partial charge in [0.15, 0.2) is 5.78 Å². The quantitative estimate of drug-likeness (QED) is 0.277. The number of hydrogen-bond acceptors (Lipinski definition) is 6. The molecule has 2 fully saturated rings. The Balaban J connectivity index is 1.50. The fraction of sp³-hybridized carbons (Fsp3) is 0.296. The Morgan fingerprint density at radius 1 is 1.00 bits per heavy atom. The van der Waals surface area contributed by atoms with Crippen molar-refractivity contribution >= 4 is 39.8 Å². The summed E-state index contributed by atoms with van der Waals surface area (Å²) >= 11 is 0. The lowest BCUT2D eigenvalue weighted by Crippen LogP contribution is -2.48. The number of pyridine rings is 1. The number of hydrogen-bond donors (Lipinski definition) is 0. The Hall–Kier alpha value is -4.14. The molecule has 5 rings (SSSR count). The van der Waals surface area contributed by atoms with Gasteiger partial charge in [-0.05, 0) is 48.8 Å². The fourth-order valence-electron chi connectivity index (χ4n) is 4.58. The summed E-state index contributed by atoms with van der Waals surface area (Å²) in [6.07, 6.45) is 9.54. The molecule has 184 valence electrons. The molecule has 0 bridgehead atoms. The molecule has 1 aliphatic heterocycles. The van der Waals surface area contributed by atoms with Crippen LogP contribution in [0.25, 0.3) is 10.9 Å². The molecule has 1 amide bonds. The zero-order valence-corrected chi connectivity index (χ0v) is 19.7. The van der Waals surface area contributed by atoms with Crippen molar-refractivity contribution in [3.05, 3.63) is 75.9 Å². The summed E-state index contributed by atoms with van der Waals surface area (Å²) in [5.41, 5.74) is 0.652. The molecule has 0 radical (unpaired) electrons. The average Bonchev–Trinajstić information content (AvgIpc) is 3.70. The van der Waals surface area contributed by atoms with Crippen LogP contribution in [-0.2, 0) is 14.4 Å². The number of amides is 1. The Labute approximate surface area is 206 Å². The maximum atomic E-state index is 15.2. The second kappa shape index (κ2) is 9.14. The number of halogens is 1. The number of rotatable bonds is 5. The molecule has 0 atom stereocenters. The van der Waals surface area contributed by atoms with Crippen molar-refractivity contribution in [1.29, 1.82) is 0 Å². The maximum absolute atomic E-state index is 15.2. The number of nitrogens with zero attached hydrogens (tertiary/aromatic N) is 3. The van der Waals surface area contributed by atoms with E-state index in [9.17, 15) is 24.0 Å². The molecule has 0 spiro atoms. The maximum Gasteiger partial charge on any atom is 0.226 e. The van der Waals surface area contributed by atoms with Gasteiger partial charge in [0.1, 0.15) is 5.82 Å². The largest absolute Gasteiger partial charge is 0.366 e. The van der Waals surface area contributed by atoms with Crippen LogP contribution in [0, 0.1) is 5.82 Å². The number of anilines is 1. The Kier molecular flexibility index (Phi) is 5.99. The SMILES string of the molecule is CC(=O)N1CCN(c2cc3c(cc2F)c(=O)c(C(=O)C=CC2=CC(=O)C(=O)C=C2)cn3C2CC2)CC1. The summed E-state index contributed by atoms with van der Waals surface area (Å²) in [7, 11) is 0. The number of benzene rings is 1. The topological polar surface area (TPSA) is 96.8 Å². The molecule has 1 saturated carbocycles. The highest BCUT2D eigenvalue weighted by molar-refractivity contribution is 6.46. The smallest absolute Gasteiger partial charge is 0.226 e. The first-order valence-electron chi connectivity index (χ1n) is 11.8. The molecule has 9 heteroatoms. The lowest BCUT2D eigenvalue weighted by atomic mass is 10.0. The van der Waals surface area contributed by atoms with Crippen LogP contribution in [0.5, 0.6) is 0 Å². The van der Waals surface area contributed by atoms with Gasteiger partial charge in [-0.15, -0.1) is 0 Å². The van der Waals surface area contributed by atoms with Gasteiger partial charge in [0.05, 0.1) is 16.8 Å². The molecule has 2 aliphatic carbocycles. The van der Waals surface area contributed by atoms with Crippen LogP contribution in [0.1, 0.15) is 36.2 Å². The Bertz CT molecular complexity index is 1470. The minimum atomic E-state index is -0.680. The third kappa shape index (κ3) is 4.44. The van der Waals surface area contributed by atoms with E-state index < -0.39 is 28.6 Å². The normalized spacial score (nSPS) is 18.3. The first-order valence-corrected chi connectivity index (χ1v) is 11.8. The predicted octanol–water partition coefficient (Wildman–Crippen LogP) is 2.52. The molecule has 2 aromatic rings. The van der Waals surface area contributed by atoms with E-state index in [0.717, 1.165) is 25.0 Å². The van der Waals surface area contributed by atoms with Crippen molar-refractivity contribution in [2.24, 2.45) is 0 Å². The molecule has 3 aliphatic rings. The molecular formula is C27H24FN3O5. The third-order valence-corrected chi connectivity index (χ3v) is 6.77. The van der Waals surface area contributed by atoms with Crippen LogP contribution in [0.3, 0.4) is 0 Å². The van der Waals surface area contributed by atoms with Crippen LogP contribution in [0.2, 0.25) is 0 Å². The Morgan fingerprint density at radius 2 is 1.72 bits per heavy atom. The fourth-order valence-corrected chi connectivity index (χ4v) is 4.58. The van der Waals surface area contributed by atoms with Gasteiger partial charge in [-0.1, -0.05) is 12.2 Å². The molecule has 0 N–H and O–H groups in total. The molecule has 0 unspecified atom stereocenters. The second-order valence-electron chi connectivity index (χ2n) is 9.23. The summed E-state index contributed by atoms with van der Waals surface area (Å²) in [6, 6.07) is 2.97. The summed E-state index contributed by atoms with van der Waals surface area (Å²) in [4.78, 5) is 64.3. The molecule has 1 aromatic carbocycles. The molecule has 2 heterocycles. The predicted molar refractivity (Wildman–Crippen MR) is 132 cm³/mol. The van der Waals surface area contributed by atoms with Crippen molar-refractivity contribution in [2.75, 3.05) is 31.1 Å². The standard InChI is InChI=1S/C27H24FN3O5/c1-16(32)29-8-10-30(11-9-29)23-14-22-19(13-21(23)28)27(36)20(15-31(22)18-4-5-18)24(33)6-2-17-3-7-25(34)26(35)12-17/h2-3,6-7,12-15,18H,4-5,8-11H2,1H3. The number of aromatic nitrogens is 1. The number of ketones is 3. The second-order valence-corrected chi connectivity index (χ2v) is 9.23. The van der Waals surface area contributed by atoms with E-state index in [0.29, 0.717) is 43.0 Å². The molecule has 8 nitrogen and oxygen atoms in total. The van der Waals surface area contributed by atoms with Gasteiger partial charge in [-0.25, -0.2) is 4.39 Å². The van der Waals surface area contributed by atoms with E-state index >= 15 is 4.39 Å². The number of carbonyl (C=O) groups excluding carboxylic acids is 4. The van der Waals surface area contributed by atoms with Crippen LogP contribution in [0.15, 0.2) is 59.1 Å². The highest BCUT2D eigenvalue weighted by atomic mass is 19.1. The first kappa shape index (κ1) is 23.6. The number of carbonyl (C=O) groups is 4. The lowest BCUT2D eigenvalue weighted by molar-refractivity contribution is -0.131. The minimum absolute atomic E-state index is 0.0154. The monoisotopic (exact) mass is 489 g/mol. The van der Waals surface area contributed by atoms with Crippen molar-refractivity contribution in [2.45, 2.75) is 25.8 Å². The molecular weight excluding hydrogens is 465 g/mol. The number of piperazine rings is 1. The van der Waals surface area contributed by atoms with Gasteiger partial charge < -0.3 is 14.4 Å². The average molecular weight is 490 g/mol. The summed E-state index contributed by atoms with van der Waals surface area (Å²) < 4.78 is 17.1. The highest BCUT2D eigenvalue weighted by Crippen LogP contribution is 2.38. The van der Waals surface area contributed by atoms with Crippen LogP contribution in [0.4, 0.5) is 10.1 Å². The number of fused-ring (bicyclic) bond motifs is 1. The van der Waals surface area contributed by atoms with E-state index in [4.69, 9.17) is 0 Å². The zero-order chi connectivity index (χ0) is 25.6. The summed E-state index contributed by atoms with van der Waals surface area (Å²) in [5, 5.41) is 0.127. The van der Waals surface area contributed by atoms with E-state index in [1.807, 2.05) is 9.47 Å². The van der Waals surface area contributed by atoms with Crippen LogP contribution in [-0.4, -0.2) is 58.9 Å². The minimum Gasteiger partial charge on any atom is -0.366 e. The molecule has 1 aromatic heterocycles. The number of allylic oxidation sites excluding steroid dienone is 6. The van der Waals surface area contributed by atoms with Gasteiger partial charge in [-0.3, -0.25) is 24.0 Å². The van der Waals surface area contributed by atoms with Crippen LogP contribution < -0.4 is 10.3 Å². The van der Waals surface area contributed by atoms with Crippen molar-refractivity contribution in [3.63, 3.8) is 0 Å². The van der Waals surface area contributed by atoms with Gasteiger partial charge >= 0.3 is 0 Å². The van der Waals surface area contributed by atoms with Crippen molar-refractivity contribution in [3.8, 4) is 0 Å². The lowest BCUT2D eigenvalue weighted by Gasteiger charge is -2.36. The first-order chi connectivity index (χ1) is 17.2. The van der Waals surface area contributed by atoms with Crippen molar-refractivity contribution < 1.29 is 23.6 Å². The van der Waals surface area contributed by atoms with E-state index in [1.165, 1.54) is 37.4 Å². The summed E-state index contributed by atoms with van der Waals surface area (Å²) in [5.74, 6) is -2.46. The van der Waals surface area contributed by atoms with E-state index in [2.05, 4.69) is 0 Å². The van der Waals surface area contributed by atoms with Gasteiger partial charge in [0.2, 0.25) is 22.9 Å². The van der Waals surface area contributed by atoms with Gasteiger partial charge in [0.25, 0.3) is 0 Å². The highest BCUT2D eigenvalue weighted by Gasteiger charge is 2.28. The Morgan fingerprint density at radius 3 is 2.36 bits per heavy atom.